The van der Waals surface area contributed by atoms with Gasteiger partial charge in [0.25, 0.3) is 5.56 Å². The lowest BCUT2D eigenvalue weighted by atomic mass is 10.2. The molecule has 3 heterocycles. The van der Waals surface area contributed by atoms with Crippen molar-refractivity contribution in [2.45, 2.75) is 27.1 Å². The van der Waals surface area contributed by atoms with Crippen LogP contribution in [0, 0.1) is 13.8 Å². The van der Waals surface area contributed by atoms with Gasteiger partial charge in [0.05, 0.1) is 38.9 Å². The Balaban J connectivity index is 1.83. The number of para-hydroxylation sites is 2. The molecule has 1 aliphatic heterocycles. The molecule has 3 aromatic rings. The molecular weight excluding hydrogens is 344 g/mol. The van der Waals surface area contributed by atoms with Gasteiger partial charge in [-0.25, -0.2) is 4.98 Å². The molecule has 0 radical (unpaired) electrons. The molecule has 140 valence electrons. The van der Waals surface area contributed by atoms with Crippen LogP contribution in [-0.2, 0) is 13.2 Å². The number of aromatic nitrogens is 2. The molecule has 0 fully saturated rings. The maximum Gasteiger partial charge on any atom is 0.259 e. The van der Waals surface area contributed by atoms with Crippen LogP contribution in [0.5, 0.6) is 5.75 Å². The maximum atomic E-state index is 12.9. The Morgan fingerprint density at radius 1 is 1.15 bits per heavy atom. The number of methoxy groups -OCH3 is 1. The van der Waals surface area contributed by atoms with Gasteiger partial charge < -0.3 is 9.15 Å². The number of fused-ring (bicyclic) bond motifs is 1. The molecule has 4 rings (SSSR count). The highest BCUT2D eigenvalue weighted by Gasteiger charge is 2.29. The van der Waals surface area contributed by atoms with Crippen molar-refractivity contribution in [1.82, 2.24) is 14.5 Å². The third kappa shape index (κ3) is 3.10. The quantitative estimate of drug-likeness (QED) is 0.707. The van der Waals surface area contributed by atoms with Crippen LogP contribution in [0.15, 0.2) is 51.9 Å². The first-order valence-corrected chi connectivity index (χ1v) is 8.82. The monoisotopic (exact) mass is 366 g/mol. The lowest BCUT2D eigenvalue weighted by molar-refractivity contribution is 0.176. The molecule has 7 nitrogen and oxygen atoms in total. The van der Waals surface area contributed by atoms with Gasteiger partial charge in [-0.2, -0.15) is 0 Å². The number of aryl methyl sites for hydroxylation is 1. The molecule has 0 unspecified atom stereocenters. The second-order valence-corrected chi connectivity index (χ2v) is 6.65. The molecular formula is C20H22N4O3. The van der Waals surface area contributed by atoms with Gasteiger partial charge in [0.15, 0.2) is 0 Å². The Morgan fingerprint density at radius 3 is 2.70 bits per heavy atom. The van der Waals surface area contributed by atoms with Crippen LogP contribution < -0.4 is 15.2 Å². The highest BCUT2D eigenvalue weighted by molar-refractivity contribution is 5.66. The number of nitrogens with zero attached hydrogens (tertiary/aromatic N) is 4. The van der Waals surface area contributed by atoms with Crippen LogP contribution in [0.2, 0.25) is 0 Å². The van der Waals surface area contributed by atoms with Gasteiger partial charge in [-0.15, -0.1) is 0 Å². The lowest BCUT2D eigenvalue weighted by Gasteiger charge is -2.38. The van der Waals surface area contributed by atoms with Crippen molar-refractivity contribution < 1.29 is 9.15 Å². The fourth-order valence-electron chi connectivity index (χ4n) is 3.34. The van der Waals surface area contributed by atoms with Gasteiger partial charge in [-0.05, 0) is 38.1 Å². The molecule has 0 amide bonds. The third-order valence-electron chi connectivity index (χ3n) is 4.88. The molecule has 0 saturated carbocycles. The summed E-state index contributed by atoms with van der Waals surface area (Å²) in [5.41, 5.74) is 2.25. The number of anilines is 2. The van der Waals surface area contributed by atoms with Crippen molar-refractivity contribution in [3.8, 4) is 5.75 Å². The Hall–Kier alpha value is -3.06. The molecule has 0 saturated heterocycles. The zero-order valence-corrected chi connectivity index (χ0v) is 15.7. The minimum atomic E-state index is -0.0263. The largest absolute Gasteiger partial charge is 0.495 e. The van der Waals surface area contributed by atoms with E-state index in [0.29, 0.717) is 31.4 Å². The van der Waals surface area contributed by atoms with Gasteiger partial charge in [0.2, 0.25) is 5.95 Å². The summed E-state index contributed by atoms with van der Waals surface area (Å²) < 4.78 is 12.7. The number of furan rings is 1. The van der Waals surface area contributed by atoms with Crippen LogP contribution in [0.25, 0.3) is 0 Å². The molecule has 0 bridgehead atoms. The normalized spacial score (nSPS) is 14.3. The fraction of sp³-hybridized carbons (Fsp3) is 0.300. The van der Waals surface area contributed by atoms with Crippen molar-refractivity contribution in [1.29, 1.82) is 0 Å². The molecule has 27 heavy (non-hydrogen) atoms. The van der Waals surface area contributed by atoms with E-state index >= 15 is 0 Å². The molecule has 7 heteroatoms. The molecule has 2 aromatic heterocycles. The summed E-state index contributed by atoms with van der Waals surface area (Å²) in [5.74, 6) is 2.21. The van der Waals surface area contributed by atoms with E-state index in [9.17, 15) is 4.79 Å². The summed E-state index contributed by atoms with van der Waals surface area (Å²) in [4.78, 5) is 21.8. The highest BCUT2D eigenvalue weighted by Crippen LogP contribution is 2.34. The summed E-state index contributed by atoms with van der Waals surface area (Å²) in [6.07, 6.45) is 1.66. The zero-order chi connectivity index (χ0) is 19.0. The summed E-state index contributed by atoms with van der Waals surface area (Å²) in [5, 5.41) is 0. The Morgan fingerprint density at radius 2 is 1.96 bits per heavy atom. The van der Waals surface area contributed by atoms with Crippen molar-refractivity contribution >= 4 is 11.6 Å². The van der Waals surface area contributed by atoms with Crippen LogP contribution in [0.1, 0.15) is 17.0 Å². The third-order valence-corrected chi connectivity index (χ3v) is 4.88. The molecule has 0 atom stereocenters. The standard InChI is InChI=1S/C20H22N4O3/c1-14-15(2)21-20-23(17-8-4-5-9-18(17)26-3)12-22(13-24(20)19(14)25)11-16-7-6-10-27-16/h4-10H,11-13H2,1-3H3. The topological polar surface area (TPSA) is 63.7 Å². The molecule has 1 aliphatic rings. The van der Waals surface area contributed by atoms with Gasteiger partial charge in [0.1, 0.15) is 11.5 Å². The van der Waals surface area contributed by atoms with E-state index in [1.165, 1.54) is 0 Å². The van der Waals surface area contributed by atoms with Crippen molar-refractivity contribution in [2.75, 3.05) is 18.7 Å². The molecule has 0 aliphatic carbocycles. The second kappa shape index (κ2) is 6.92. The Kier molecular flexibility index (Phi) is 4.45. The van der Waals surface area contributed by atoms with Crippen molar-refractivity contribution in [3.05, 3.63) is 70.0 Å². The first-order chi connectivity index (χ1) is 13.1. The van der Waals surface area contributed by atoms with E-state index in [0.717, 1.165) is 22.9 Å². The van der Waals surface area contributed by atoms with Crippen LogP contribution >= 0.6 is 0 Å². The van der Waals surface area contributed by atoms with E-state index in [1.54, 1.807) is 17.9 Å². The van der Waals surface area contributed by atoms with Crippen molar-refractivity contribution in [2.24, 2.45) is 0 Å². The van der Waals surface area contributed by atoms with Crippen LogP contribution in [0.3, 0.4) is 0 Å². The number of rotatable bonds is 4. The summed E-state index contributed by atoms with van der Waals surface area (Å²) in [7, 11) is 1.64. The van der Waals surface area contributed by atoms with E-state index < -0.39 is 0 Å². The minimum absolute atomic E-state index is 0.0263. The fourth-order valence-corrected chi connectivity index (χ4v) is 3.34. The Labute approximate surface area is 157 Å². The SMILES string of the molecule is COc1ccccc1N1CN(Cc2ccco2)Cn2c1nc(C)c(C)c2=O. The minimum Gasteiger partial charge on any atom is -0.495 e. The van der Waals surface area contributed by atoms with Gasteiger partial charge in [-0.1, -0.05) is 12.1 Å². The second-order valence-electron chi connectivity index (χ2n) is 6.65. The van der Waals surface area contributed by atoms with E-state index in [-0.39, 0.29) is 5.56 Å². The van der Waals surface area contributed by atoms with E-state index in [2.05, 4.69) is 4.90 Å². The van der Waals surface area contributed by atoms with E-state index in [4.69, 9.17) is 14.1 Å². The molecule has 0 spiro atoms. The van der Waals surface area contributed by atoms with Crippen molar-refractivity contribution in [3.63, 3.8) is 0 Å². The lowest BCUT2D eigenvalue weighted by Crippen LogP contribution is -2.47. The average Bonchev–Trinajstić information content (AvgIpc) is 3.19. The number of benzene rings is 1. The first-order valence-electron chi connectivity index (χ1n) is 8.82. The Bertz CT molecular complexity index is 1010. The molecule has 0 N–H and O–H groups in total. The molecule has 1 aromatic carbocycles. The number of hydrogen-bond acceptors (Lipinski definition) is 6. The zero-order valence-electron chi connectivity index (χ0n) is 15.7. The van der Waals surface area contributed by atoms with Crippen LogP contribution in [0.4, 0.5) is 11.6 Å². The maximum absolute atomic E-state index is 12.9. The van der Waals surface area contributed by atoms with Crippen LogP contribution in [-0.4, -0.2) is 28.2 Å². The number of ether oxygens (including phenoxy) is 1. The van der Waals surface area contributed by atoms with Gasteiger partial charge in [0, 0.05) is 11.3 Å². The van der Waals surface area contributed by atoms with Gasteiger partial charge in [-0.3, -0.25) is 19.2 Å². The average molecular weight is 366 g/mol. The summed E-state index contributed by atoms with van der Waals surface area (Å²) in [6.45, 7) is 5.30. The summed E-state index contributed by atoms with van der Waals surface area (Å²) >= 11 is 0. The van der Waals surface area contributed by atoms with Gasteiger partial charge >= 0.3 is 0 Å². The number of hydrogen-bond donors (Lipinski definition) is 0. The predicted molar refractivity (Wildman–Crippen MR) is 102 cm³/mol. The highest BCUT2D eigenvalue weighted by atomic mass is 16.5. The van der Waals surface area contributed by atoms with E-state index in [1.807, 2.05) is 55.1 Å². The smallest absolute Gasteiger partial charge is 0.259 e. The summed E-state index contributed by atoms with van der Waals surface area (Å²) in [6, 6.07) is 11.6. The first kappa shape index (κ1) is 17.4. The predicted octanol–water partition coefficient (Wildman–Crippen LogP) is 3.03.